The predicted molar refractivity (Wildman–Crippen MR) is 71.7 cm³/mol. The quantitative estimate of drug-likeness (QED) is 0.719. The second kappa shape index (κ2) is 7.18. The number of pyridine rings is 1. The molecule has 0 bridgehead atoms. The van der Waals surface area contributed by atoms with Crippen LogP contribution in [0.3, 0.4) is 0 Å². The summed E-state index contributed by atoms with van der Waals surface area (Å²) in [5.74, 6) is 0.256. The third-order valence-corrected chi connectivity index (χ3v) is 2.77. The maximum absolute atomic E-state index is 11.7. The van der Waals surface area contributed by atoms with Gasteiger partial charge in [0.25, 0.3) is 0 Å². The topological polar surface area (TPSA) is 74.2 Å². The zero-order chi connectivity index (χ0) is 13.5. The van der Waals surface area contributed by atoms with Crippen molar-refractivity contribution in [2.45, 2.75) is 26.3 Å². The van der Waals surface area contributed by atoms with E-state index < -0.39 is 0 Å². The number of aliphatic hydroxyl groups is 1. The Kier molecular flexibility index (Phi) is 5.88. The first-order valence-corrected chi connectivity index (χ1v) is 6.20. The van der Waals surface area contributed by atoms with Crippen molar-refractivity contribution in [3.8, 4) is 0 Å². The van der Waals surface area contributed by atoms with Crippen molar-refractivity contribution in [1.82, 2.24) is 10.3 Å². The fourth-order valence-electron chi connectivity index (χ4n) is 1.50. The van der Waals surface area contributed by atoms with Crippen LogP contribution in [0.2, 0.25) is 5.15 Å². The summed E-state index contributed by atoms with van der Waals surface area (Å²) >= 11 is 5.65. The van der Waals surface area contributed by atoms with Crippen molar-refractivity contribution < 1.29 is 9.90 Å². The van der Waals surface area contributed by atoms with Crippen molar-refractivity contribution in [3.05, 3.63) is 23.5 Å². The van der Waals surface area contributed by atoms with Gasteiger partial charge in [0.1, 0.15) is 5.15 Å². The highest BCUT2D eigenvalue weighted by atomic mass is 35.5. The third kappa shape index (κ3) is 4.89. The number of anilines is 1. The molecule has 100 valence electrons. The van der Waals surface area contributed by atoms with Crippen LogP contribution in [-0.2, 0) is 0 Å². The van der Waals surface area contributed by atoms with Crippen molar-refractivity contribution in [2.75, 3.05) is 11.9 Å². The smallest absolute Gasteiger partial charge is 0.319 e. The van der Waals surface area contributed by atoms with Gasteiger partial charge in [-0.1, -0.05) is 25.4 Å². The SMILES string of the molecule is CC(C)C(CCO)NC(=O)Nc1ccc(Cl)nc1. The van der Waals surface area contributed by atoms with Gasteiger partial charge >= 0.3 is 6.03 Å². The van der Waals surface area contributed by atoms with Crippen LogP contribution in [0.5, 0.6) is 0 Å². The van der Waals surface area contributed by atoms with Crippen LogP contribution in [0.15, 0.2) is 18.3 Å². The number of carbonyl (C=O) groups is 1. The van der Waals surface area contributed by atoms with Crippen LogP contribution < -0.4 is 10.6 Å². The fourth-order valence-corrected chi connectivity index (χ4v) is 1.61. The van der Waals surface area contributed by atoms with Gasteiger partial charge in [-0.3, -0.25) is 0 Å². The molecule has 0 aliphatic heterocycles. The number of hydrogen-bond acceptors (Lipinski definition) is 3. The number of urea groups is 1. The molecule has 1 atom stereocenters. The number of hydrogen-bond donors (Lipinski definition) is 3. The molecule has 3 N–H and O–H groups in total. The van der Waals surface area contributed by atoms with Crippen LogP contribution in [0.25, 0.3) is 0 Å². The first-order chi connectivity index (χ1) is 8.52. The molecule has 0 aromatic carbocycles. The van der Waals surface area contributed by atoms with Gasteiger partial charge in [-0.25, -0.2) is 9.78 Å². The van der Waals surface area contributed by atoms with Crippen LogP contribution in [-0.4, -0.2) is 28.8 Å². The Morgan fingerprint density at radius 2 is 2.22 bits per heavy atom. The second-order valence-corrected chi connectivity index (χ2v) is 4.72. The van der Waals surface area contributed by atoms with Crippen molar-refractivity contribution in [2.24, 2.45) is 5.92 Å². The van der Waals surface area contributed by atoms with E-state index in [1.807, 2.05) is 13.8 Å². The van der Waals surface area contributed by atoms with Crippen molar-refractivity contribution in [3.63, 3.8) is 0 Å². The predicted octanol–water partition coefficient (Wildman–Crippen LogP) is 2.26. The molecule has 1 unspecified atom stereocenters. The zero-order valence-electron chi connectivity index (χ0n) is 10.5. The van der Waals surface area contributed by atoms with Crippen LogP contribution >= 0.6 is 11.6 Å². The normalized spacial score (nSPS) is 12.3. The van der Waals surface area contributed by atoms with Gasteiger partial charge in [0.05, 0.1) is 11.9 Å². The number of halogens is 1. The van der Waals surface area contributed by atoms with E-state index in [9.17, 15) is 4.79 Å². The molecule has 0 spiro atoms. The van der Waals surface area contributed by atoms with Crippen molar-refractivity contribution >= 4 is 23.3 Å². The van der Waals surface area contributed by atoms with Gasteiger partial charge < -0.3 is 15.7 Å². The summed E-state index contributed by atoms with van der Waals surface area (Å²) in [7, 11) is 0. The molecule has 0 saturated heterocycles. The number of carbonyl (C=O) groups excluding carboxylic acids is 1. The van der Waals surface area contributed by atoms with Crippen LogP contribution in [0.4, 0.5) is 10.5 Å². The minimum Gasteiger partial charge on any atom is -0.396 e. The second-order valence-electron chi connectivity index (χ2n) is 4.33. The molecule has 5 nitrogen and oxygen atoms in total. The van der Waals surface area contributed by atoms with E-state index in [-0.39, 0.29) is 24.6 Å². The lowest BCUT2D eigenvalue weighted by atomic mass is 10.0. The van der Waals surface area contributed by atoms with E-state index in [0.29, 0.717) is 17.3 Å². The van der Waals surface area contributed by atoms with Gasteiger partial charge in [-0.2, -0.15) is 0 Å². The summed E-state index contributed by atoms with van der Waals surface area (Å²) in [6, 6.07) is 2.90. The average molecular weight is 272 g/mol. The number of amides is 2. The Bertz CT molecular complexity index is 381. The molecular formula is C12H18ClN3O2. The summed E-state index contributed by atoms with van der Waals surface area (Å²) in [6.45, 7) is 4.03. The van der Waals surface area contributed by atoms with Gasteiger partial charge in [-0.15, -0.1) is 0 Å². The Morgan fingerprint density at radius 3 is 2.72 bits per heavy atom. The number of nitrogens with one attached hydrogen (secondary N) is 2. The van der Waals surface area contributed by atoms with Crippen molar-refractivity contribution in [1.29, 1.82) is 0 Å². The minimum atomic E-state index is -0.314. The number of rotatable bonds is 5. The van der Waals surface area contributed by atoms with Gasteiger partial charge in [0.15, 0.2) is 0 Å². The Morgan fingerprint density at radius 1 is 1.50 bits per heavy atom. The highest BCUT2D eigenvalue weighted by Crippen LogP contribution is 2.10. The summed E-state index contributed by atoms with van der Waals surface area (Å²) in [4.78, 5) is 15.6. The van der Waals surface area contributed by atoms with E-state index in [1.165, 1.54) is 6.20 Å². The third-order valence-electron chi connectivity index (χ3n) is 2.55. The van der Waals surface area contributed by atoms with E-state index >= 15 is 0 Å². The molecule has 2 amide bonds. The maximum Gasteiger partial charge on any atom is 0.319 e. The monoisotopic (exact) mass is 271 g/mol. The van der Waals surface area contributed by atoms with Gasteiger partial charge in [0, 0.05) is 12.6 Å². The molecule has 1 heterocycles. The molecule has 0 aliphatic rings. The molecular weight excluding hydrogens is 254 g/mol. The summed E-state index contributed by atoms with van der Waals surface area (Å²) in [5, 5.41) is 14.8. The summed E-state index contributed by atoms with van der Waals surface area (Å²) in [6.07, 6.45) is 2.02. The molecule has 6 heteroatoms. The van der Waals surface area contributed by atoms with E-state index in [0.717, 1.165) is 0 Å². The first-order valence-electron chi connectivity index (χ1n) is 5.83. The average Bonchev–Trinajstić information content (AvgIpc) is 2.31. The molecule has 0 saturated carbocycles. The molecule has 1 rings (SSSR count). The minimum absolute atomic E-state index is 0.0472. The van der Waals surface area contributed by atoms with E-state index in [1.54, 1.807) is 12.1 Å². The van der Waals surface area contributed by atoms with Crippen LogP contribution in [0, 0.1) is 5.92 Å². The molecule has 0 fully saturated rings. The lowest BCUT2D eigenvalue weighted by Gasteiger charge is -2.21. The number of aliphatic hydroxyl groups excluding tert-OH is 1. The lowest BCUT2D eigenvalue weighted by Crippen LogP contribution is -2.41. The highest BCUT2D eigenvalue weighted by Gasteiger charge is 2.15. The number of nitrogens with zero attached hydrogens (tertiary/aromatic N) is 1. The Balaban J connectivity index is 2.52. The van der Waals surface area contributed by atoms with E-state index in [4.69, 9.17) is 16.7 Å². The summed E-state index contributed by atoms with van der Waals surface area (Å²) in [5.41, 5.74) is 0.573. The maximum atomic E-state index is 11.7. The van der Waals surface area contributed by atoms with Gasteiger partial charge in [0.2, 0.25) is 0 Å². The van der Waals surface area contributed by atoms with E-state index in [2.05, 4.69) is 15.6 Å². The molecule has 0 radical (unpaired) electrons. The van der Waals surface area contributed by atoms with Gasteiger partial charge in [-0.05, 0) is 24.5 Å². The Labute approximate surface area is 112 Å². The lowest BCUT2D eigenvalue weighted by molar-refractivity contribution is 0.227. The Hall–Kier alpha value is -1.33. The summed E-state index contributed by atoms with van der Waals surface area (Å²) < 4.78 is 0. The molecule has 0 aliphatic carbocycles. The molecule has 1 aromatic rings. The molecule has 18 heavy (non-hydrogen) atoms. The highest BCUT2D eigenvalue weighted by molar-refractivity contribution is 6.29. The zero-order valence-corrected chi connectivity index (χ0v) is 11.2. The standard InChI is InChI=1S/C12H18ClN3O2/c1-8(2)10(5-6-17)16-12(18)15-9-3-4-11(13)14-7-9/h3-4,7-8,10,17H,5-6H2,1-2H3,(H2,15,16,18). The fraction of sp³-hybridized carbons (Fsp3) is 0.500. The number of aromatic nitrogens is 1. The van der Waals surface area contributed by atoms with Crippen LogP contribution in [0.1, 0.15) is 20.3 Å². The molecule has 1 aromatic heterocycles. The first kappa shape index (κ1) is 14.7. The largest absolute Gasteiger partial charge is 0.396 e.